The molecule has 4 N–H and O–H groups in total. The van der Waals surface area contributed by atoms with Crippen molar-refractivity contribution in [2.45, 2.75) is 24.2 Å². The van der Waals surface area contributed by atoms with E-state index in [2.05, 4.69) is 16.6 Å². The third-order valence-corrected chi connectivity index (χ3v) is 6.27. The number of ether oxygens (including phenoxy) is 2. The van der Waals surface area contributed by atoms with E-state index >= 15 is 0 Å². The van der Waals surface area contributed by atoms with Crippen LogP contribution in [-0.4, -0.2) is 77.0 Å². The van der Waals surface area contributed by atoms with Gasteiger partial charge in [0.15, 0.2) is 0 Å². The molecular formula is C25H31BN2O9S. The Kier molecular flexibility index (Phi) is 13.5. The predicted molar refractivity (Wildman–Crippen MR) is 141 cm³/mol. The molecule has 2 aromatic rings. The molecule has 0 radical (unpaired) electrons. The maximum Gasteiger partial charge on any atom is 0.488 e. The van der Waals surface area contributed by atoms with Gasteiger partial charge in [-0.1, -0.05) is 18.2 Å². The molecule has 11 nitrogen and oxygen atoms in total. The number of amides is 2. The van der Waals surface area contributed by atoms with Gasteiger partial charge >= 0.3 is 7.12 Å². The Morgan fingerprint density at radius 2 is 1.68 bits per heavy atom. The summed E-state index contributed by atoms with van der Waals surface area (Å²) in [4.78, 5) is 23.9. The molecule has 0 aliphatic rings. The van der Waals surface area contributed by atoms with E-state index in [1.807, 2.05) is 0 Å². The molecule has 2 amide bonds. The summed E-state index contributed by atoms with van der Waals surface area (Å²) in [6.45, 7) is 0.921. The zero-order valence-corrected chi connectivity index (χ0v) is 21.6. The van der Waals surface area contributed by atoms with Gasteiger partial charge in [-0.2, -0.15) is 8.42 Å². The lowest BCUT2D eigenvalue weighted by molar-refractivity contribution is -0.121. The number of hydrogen-bond acceptors (Lipinski definition) is 9. The van der Waals surface area contributed by atoms with Crippen molar-refractivity contribution in [2.75, 3.05) is 44.9 Å². The minimum Gasteiger partial charge on any atom is -0.423 e. The number of carbonyl (C=O) groups is 2. The van der Waals surface area contributed by atoms with E-state index in [0.717, 1.165) is 0 Å². The highest BCUT2D eigenvalue weighted by Gasteiger charge is 2.18. The molecule has 2 rings (SSSR count). The molecule has 0 spiro atoms. The fourth-order valence-corrected chi connectivity index (χ4v) is 4.01. The molecule has 0 unspecified atom stereocenters. The minimum atomic E-state index is -4.14. The maximum absolute atomic E-state index is 12.6. The standard InChI is InChI=1S/C25H31BN2O9S/c1-2-3-4-11-24(29)27-12-13-35-14-15-36-16-17-37-38(33,34)23-10-5-7-20(18-23)25(30)28-22-9-6-8-21(19-22)26(31)32/h1,5-10,18-19,31-32H,3-4,11-17H2,(H,27,29)(H,28,30). The molecule has 2 aromatic carbocycles. The average Bonchev–Trinajstić information content (AvgIpc) is 2.90. The summed E-state index contributed by atoms with van der Waals surface area (Å²) in [5.74, 6) is 1.80. The van der Waals surface area contributed by atoms with Crippen LogP contribution in [0.3, 0.4) is 0 Å². The molecule has 204 valence electrons. The van der Waals surface area contributed by atoms with Gasteiger partial charge in [-0.15, -0.1) is 12.3 Å². The molecule has 0 saturated heterocycles. The zero-order valence-electron chi connectivity index (χ0n) is 20.8. The first-order chi connectivity index (χ1) is 18.2. The number of terminal acetylenes is 1. The number of hydrogen-bond donors (Lipinski definition) is 4. The quantitative estimate of drug-likeness (QED) is 0.0946. The summed E-state index contributed by atoms with van der Waals surface area (Å²) >= 11 is 0. The number of benzene rings is 2. The van der Waals surface area contributed by atoms with Gasteiger partial charge in [0.05, 0.1) is 37.9 Å². The molecule has 38 heavy (non-hydrogen) atoms. The highest BCUT2D eigenvalue weighted by atomic mass is 32.2. The molecule has 0 bridgehead atoms. The Morgan fingerprint density at radius 3 is 2.42 bits per heavy atom. The summed E-state index contributed by atoms with van der Waals surface area (Å²) < 4.78 is 40.6. The lowest BCUT2D eigenvalue weighted by Gasteiger charge is -2.10. The van der Waals surface area contributed by atoms with Gasteiger partial charge in [-0.05, 0) is 42.2 Å². The molecule has 0 fully saturated rings. The molecule has 0 aliphatic heterocycles. The van der Waals surface area contributed by atoms with Gasteiger partial charge in [0, 0.05) is 30.6 Å². The maximum atomic E-state index is 12.6. The first-order valence-electron chi connectivity index (χ1n) is 11.9. The Hall–Kier alpha value is -3.25. The van der Waals surface area contributed by atoms with Crippen molar-refractivity contribution in [1.29, 1.82) is 0 Å². The van der Waals surface area contributed by atoms with Crippen LogP contribution in [0.4, 0.5) is 5.69 Å². The predicted octanol–water partition coefficient (Wildman–Crippen LogP) is 0.277. The Labute approximate surface area is 222 Å². The van der Waals surface area contributed by atoms with Crippen LogP contribution < -0.4 is 16.1 Å². The van der Waals surface area contributed by atoms with Gasteiger partial charge in [0.1, 0.15) is 0 Å². The second-order valence-electron chi connectivity index (χ2n) is 7.89. The van der Waals surface area contributed by atoms with Crippen molar-refractivity contribution in [3.8, 4) is 12.3 Å². The zero-order chi connectivity index (χ0) is 27.8. The molecular weight excluding hydrogens is 515 g/mol. The normalized spacial score (nSPS) is 11.0. The summed E-state index contributed by atoms with van der Waals surface area (Å²) in [5, 5.41) is 23.8. The lowest BCUT2D eigenvalue weighted by Crippen LogP contribution is -2.30. The van der Waals surface area contributed by atoms with Crippen LogP contribution >= 0.6 is 0 Å². The second kappa shape index (κ2) is 16.6. The monoisotopic (exact) mass is 546 g/mol. The smallest absolute Gasteiger partial charge is 0.423 e. The Bertz CT molecular complexity index is 1200. The van der Waals surface area contributed by atoms with E-state index in [9.17, 15) is 28.1 Å². The van der Waals surface area contributed by atoms with Gasteiger partial charge in [-0.3, -0.25) is 13.8 Å². The first kappa shape index (κ1) is 31.0. The Morgan fingerprint density at radius 1 is 0.974 bits per heavy atom. The fraction of sp³-hybridized carbons (Fsp3) is 0.360. The molecule has 0 saturated carbocycles. The molecule has 0 aromatic heterocycles. The number of carbonyl (C=O) groups excluding carboxylic acids is 2. The van der Waals surface area contributed by atoms with E-state index in [-0.39, 0.29) is 48.3 Å². The molecule has 0 atom stereocenters. The summed E-state index contributed by atoms with van der Waals surface area (Å²) in [6, 6.07) is 11.3. The van der Waals surface area contributed by atoms with Crippen LogP contribution in [0.5, 0.6) is 0 Å². The van der Waals surface area contributed by atoms with Gasteiger partial charge in [0.2, 0.25) is 5.91 Å². The van der Waals surface area contributed by atoms with E-state index in [1.165, 1.54) is 42.5 Å². The van der Waals surface area contributed by atoms with E-state index in [0.29, 0.717) is 38.1 Å². The van der Waals surface area contributed by atoms with Gasteiger partial charge < -0.3 is 30.2 Å². The van der Waals surface area contributed by atoms with E-state index in [1.54, 1.807) is 6.07 Å². The van der Waals surface area contributed by atoms with Crippen molar-refractivity contribution >= 4 is 40.2 Å². The summed E-state index contributed by atoms with van der Waals surface area (Å²) in [6.07, 6.45) is 6.71. The van der Waals surface area contributed by atoms with E-state index < -0.39 is 23.1 Å². The third-order valence-electron chi connectivity index (χ3n) is 4.96. The van der Waals surface area contributed by atoms with Crippen molar-refractivity contribution in [2.24, 2.45) is 0 Å². The number of unbranched alkanes of at least 4 members (excludes halogenated alkanes) is 1. The molecule has 0 heterocycles. The van der Waals surface area contributed by atoms with E-state index in [4.69, 9.17) is 20.1 Å². The lowest BCUT2D eigenvalue weighted by atomic mass is 9.80. The number of rotatable bonds is 17. The molecule has 0 aliphatic carbocycles. The minimum absolute atomic E-state index is 0.00172. The van der Waals surface area contributed by atoms with Crippen LogP contribution in [-0.2, 0) is 28.6 Å². The highest BCUT2D eigenvalue weighted by molar-refractivity contribution is 7.86. The van der Waals surface area contributed by atoms with Crippen LogP contribution in [0.25, 0.3) is 0 Å². The van der Waals surface area contributed by atoms with Crippen molar-refractivity contribution in [3.05, 3.63) is 54.1 Å². The highest BCUT2D eigenvalue weighted by Crippen LogP contribution is 2.16. The van der Waals surface area contributed by atoms with Crippen LogP contribution in [0.15, 0.2) is 53.4 Å². The van der Waals surface area contributed by atoms with Gasteiger partial charge in [-0.25, -0.2) is 0 Å². The second-order valence-corrected chi connectivity index (χ2v) is 9.50. The number of anilines is 1. The summed E-state index contributed by atoms with van der Waals surface area (Å²) in [5.41, 5.74) is 0.575. The first-order valence-corrected chi connectivity index (χ1v) is 13.3. The Balaban J connectivity index is 1.69. The van der Waals surface area contributed by atoms with Crippen LogP contribution in [0.1, 0.15) is 29.6 Å². The van der Waals surface area contributed by atoms with Crippen LogP contribution in [0.2, 0.25) is 0 Å². The largest absolute Gasteiger partial charge is 0.488 e. The van der Waals surface area contributed by atoms with Crippen molar-refractivity contribution in [1.82, 2.24) is 5.32 Å². The fourth-order valence-electron chi connectivity index (χ4n) is 3.07. The van der Waals surface area contributed by atoms with Crippen molar-refractivity contribution in [3.63, 3.8) is 0 Å². The van der Waals surface area contributed by atoms with Crippen LogP contribution in [0, 0.1) is 12.3 Å². The third kappa shape index (κ3) is 11.4. The topological polar surface area (TPSA) is 160 Å². The molecule has 13 heteroatoms. The van der Waals surface area contributed by atoms with Gasteiger partial charge in [0.25, 0.3) is 16.0 Å². The summed E-state index contributed by atoms with van der Waals surface area (Å²) in [7, 11) is -5.83. The number of nitrogens with one attached hydrogen (secondary N) is 2. The SMILES string of the molecule is C#CCCCC(=O)NCCOCCOCCOS(=O)(=O)c1cccc(C(=O)Nc2cccc(B(O)O)c2)c1. The van der Waals surface area contributed by atoms with Crippen molar-refractivity contribution < 1.29 is 41.7 Å². The average molecular weight is 546 g/mol.